The molecule has 198 valence electrons. The Bertz CT molecular complexity index is 1500. The minimum Gasteiger partial charge on any atom is -0.444 e. The molecule has 13 heteroatoms. The fraction of sp³-hybridized carbons (Fsp3) is 0.333. The minimum atomic E-state index is -4.44. The number of aromatic amines is 1. The number of hydrogen-bond donors (Lipinski definition) is 4. The van der Waals surface area contributed by atoms with Gasteiger partial charge in [-0.15, -0.1) is 0 Å². The summed E-state index contributed by atoms with van der Waals surface area (Å²) in [6, 6.07) is 6.36. The zero-order chi connectivity index (χ0) is 27.2. The van der Waals surface area contributed by atoms with Gasteiger partial charge in [0.25, 0.3) is 15.9 Å². The number of hydrogen-bond acceptors (Lipinski definition) is 5. The van der Waals surface area contributed by atoms with Crippen LogP contribution < -0.4 is 15.4 Å². The first kappa shape index (κ1) is 27.0. The molecule has 1 aliphatic carbocycles. The lowest BCUT2D eigenvalue weighted by Crippen LogP contribution is -2.47. The van der Waals surface area contributed by atoms with Crippen LogP contribution in [0.2, 0.25) is 10.0 Å². The van der Waals surface area contributed by atoms with Crippen LogP contribution in [0, 0.1) is 5.82 Å². The van der Waals surface area contributed by atoms with Gasteiger partial charge in [-0.3, -0.25) is 9.52 Å². The van der Waals surface area contributed by atoms with E-state index in [2.05, 4.69) is 20.3 Å². The van der Waals surface area contributed by atoms with Crippen molar-refractivity contribution >= 4 is 61.8 Å². The standard InChI is InChI=1S/C24H25Cl2FN4O5S/c1-23(2,3)36-22(33)30-24(9-10-24)12-29-21(32)13-5-4-6-17(19(13)27)37(34,35)31-16-8-7-14(25)18-15(26)11-28-20(16)18/h4-8,11,28,31H,9-10,12H2,1-3H3,(H,29,32)(H,30,33). The van der Waals surface area contributed by atoms with Crippen LogP contribution in [0.3, 0.4) is 0 Å². The summed E-state index contributed by atoms with van der Waals surface area (Å²) in [7, 11) is -4.44. The highest BCUT2D eigenvalue weighted by atomic mass is 35.5. The Kier molecular flexibility index (Phi) is 7.08. The molecular weight excluding hydrogens is 546 g/mol. The Morgan fingerprint density at radius 2 is 1.84 bits per heavy atom. The molecule has 1 aromatic heterocycles. The predicted molar refractivity (Wildman–Crippen MR) is 139 cm³/mol. The van der Waals surface area contributed by atoms with E-state index in [1.807, 2.05) is 0 Å². The Hall–Kier alpha value is -3.02. The van der Waals surface area contributed by atoms with Crippen molar-refractivity contribution in [2.24, 2.45) is 0 Å². The molecule has 9 nitrogen and oxygen atoms in total. The molecule has 0 radical (unpaired) electrons. The van der Waals surface area contributed by atoms with Crippen LogP contribution in [0.4, 0.5) is 14.9 Å². The third kappa shape index (κ3) is 5.94. The average molecular weight is 571 g/mol. The summed E-state index contributed by atoms with van der Waals surface area (Å²) in [5.74, 6) is -2.04. The number of fused-ring (bicyclic) bond motifs is 1. The lowest BCUT2D eigenvalue weighted by atomic mass is 10.2. The number of benzene rings is 2. The van der Waals surface area contributed by atoms with Crippen molar-refractivity contribution in [2.45, 2.75) is 49.6 Å². The smallest absolute Gasteiger partial charge is 0.408 e. The van der Waals surface area contributed by atoms with Crippen molar-refractivity contribution in [3.63, 3.8) is 0 Å². The first-order valence-corrected chi connectivity index (χ1v) is 13.5. The van der Waals surface area contributed by atoms with Crippen LogP contribution in [0.15, 0.2) is 41.4 Å². The summed E-state index contributed by atoms with van der Waals surface area (Å²) < 4.78 is 49.0. The molecule has 1 fully saturated rings. The molecule has 0 spiro atoms. The fourth-order valence-electron chi connectivity index (χ4n) is 3.71. The molecular formula is C24H25Cl2FN4O5S. The van der Waals surface area contributed by atoms with Gasteiger partial charge in [0.05, 0.1) is 32.4 Å². The lowest BCUT2D eigenvalue weighted by Gasteiger charge is -2.23. The molecule has 2 aromatic carbocycles. The molecule has 0 atom stereocenters. The van der Waals surface area contributed by atoms with Gasteiger partial charge in [-0.05, 0) is 57.9 Å². The minimum absolute atomic E-state index is 0.0239. The fourth-order valence-corrected chi connectivity index (χ4v) is 5.44. The van der Waals surface area contributed by atoms with E-state index < -0.39 is 49.4 Å². The number of aromatic nitrogens is 1. The molecule has 2 amide bonds. The van der Waals surface area contributed by atoms with Crippen molar-refractivity contribution < 1.29 is 27.1 Å². The van der Waals surface area contributed by atoms with E-state index in [-0.39, 0.29) is 12.2 Å². The van der Waals surface area contributed by atoms with E-state index in [4.69, 9.17) is 27.9 Å². The Labute approximate surface area is 223 Å². The van der Waals surface area contributed by atoms with Crippen LogP contribution in [0.5, 0.6) is 0 Å². The number of sulfonamides is 1. The number of alkyl carbamates (subject to hydrolysis) is 1. The van der Waals surface area contributed by atoms with Crippen LogP contribution in [-0.4, -0.2) is 43.1 Å². The van der Waals surface area contributed by atoms with Crippen LogP contribution in [0.1, 0.15) is 44.0 Å². The zero-order valence-electron chi connectivity index (χ0n) is 20.2. The van der Waals surface area contributed by atoms with Gasteiger partial charge in [0.1, 0.15) is 10.5 Å². The molecule has 0 bridgehead atoms. The van der Waals surface area contributed by atoms with E-state index in [1.54, 1.807) is 20.8 Å². The monoisotopic (exact) mass is 570 g/mol. The summed E-state index contributed by atoms with van der Waals surface area (Å²) >= 11 is 12.3. The van der Waals surface area contributed by atoms with Gasteiger partial charge in [-0.25, -0.2) is 17.6 Å². The quantitative estimate of drug-likeness (QED) is 0.310. The molecule has 1 saturated carbocycles. The lowest BCUT2D eigenvalue weighted by molar-refractivity contribution is 0.0493. The number of anilines is 1. The highest BCUT2D eigenvalue weighted by Gasteiger charge is 2.45. The average Bonchev–Trinajstić information content (AvgIpc) is 3.43. The molecule has 4 rings (SSSR count). The second-order valence-corrected chi connectivity index (χ2v) is 12.3. The first-order valence-electron chi connectivity index (χ1n) is 11.3. The number of rotatable bonds is 7. The third-order valence-corrected chi connectivity index (χ3v) is 7.68. The number of halogens is 3. The maximum absolute atomic E-state index is 15.3. The van der Waals surface area contributed by atoms with Gasteiger partial charge in [0.2, 0.25) is 0 Å². The van der Waals surface area contributed by atoms with Crippen molar-refractivity contribution in [2.75, 3.05) is 11.3 Å². The molecule has 1 aliphatic rings. The summed E-state index contributed by atoms with van der Waals surface area (Å²) in [6.45, 7) is 5.22. The van der Waals surface area contributed by atoms with E-state index in [9.17, 15) is 18.0 Å². The second-order valence-electron chi connectivity index (χ2n) is 9.79. The number of carbonyl (C=O) groups excluding carboxylic acids is 2. The molecule has 0 saturated heterocycles. The molecule has 0 unspecified atom stereocenters. The van der Waals surface area contributed by atoms with Crippen molar-refractivity contribution in [1.82, 2.24) is 15.6 Å². The van der Waals surface area contributed by atoms with Gasteiger partial charge < -0.3 is 20.4 Å². The zero-order valence-corrected chi connectivity index (χ0v) is 22.5. The van der Waals surface area contributed by atoms with Gasteiger partial charge in [-0.1, -0.05) is 29.3 Å². The predicted octanol–water partition coefficient (Wildman–Crippen LogP) is 5.20. The van der Waals surface area contributed by atoms with Crippen LogP contribution >= 0.6 is 23.2 Å². The highest BCUT2D eigenvalue weighted by Crippen LogP contribution is 2.36. The van der Waals surface area contributed by atoms with Gasteiger partial charge in [-0.2, -0.15) is 0 Å². The maximum Gasteiger partial charge on any atom is 0.408 e. The molecule has 3 aromatic rings. The van der Waals surface area contributed by atoms with Crippen molar-refractivity contribution in [3.05, 3.63) is 58.0 Å². The van der Waals surface area contributed by atoms with Crippen LogP contribution in [0.25, 0.3) is 10.9 Å². The van der Waals surface area contributed by atoms with Crippen LogP contribution in [-0.2, 0) is 14.8 Å². The van der Waals surface area contributed by atoms with Crippen molar-refractivity contribution in [1.29, 1.82) is 0 Å². The SMILES string of the molecule is CC(C)(C)OC(=O)NC1(CNC(=O)c2cccc(S(=O)(=O)Nc3ccc(Cl)c4c(Cl)c[nH]c34)c2F)CC1. The Morgan fingerprint density at radius 1 is 1.14 bits per heavy atom. The summed E-state index contributed by atoms with van der Waals surface area (Å²) in [6.07, 6.45) is 2.03. The number of nitrogens with one attached hydrogen (secondary N) is 4. The van der Waals surface area contributed by atoms with Crippen molar-refractivity contribution in [3.8, 4) is 0 Å². The molecule has 0 aliphatic heterocycles. The largest absolute Gasteiger partial charge is 0.444 e. The third-order valence-electron chi connectivity index (χ3n) is 5.69. The highest BCUT2D eigenvalue weighted by molar-refractivity contribution is 7.92. The summed E-state index contributed by atoms with van der Waals surface area (Å²) in [4.78, 5) is 27.0. The normalized spacial score (nSPS) is 14.8. The van der Waals surface area contributed by atoms with Gasteiger partial charge >= 0.3 is 6.09 Å². The van der Waals surface area contributed by atoms with E-state index >= 15 is 4.39 Å². The van der Waals surface area contributed by atoms with Gasteiger partial charge in [0.15, 0.2) is 5.82 Å². The number of ether oxygens (including phenoxy) is 1. The van der Waals surface area contributed by atoms with Gasteiger partial charge in [0, 0.05) is 18.1 Å². The Morgan fingerprint density at radius 3 is 2.49 bits per heavy atom. The van der Waals surface area contributed by atoms with E-state index in [0.717, 1.165) is 6.07 Å². The van der Waals surface area contributed by atoms with E-state index in [1.165, 1.54) is 30.5 Å². The maximum atomic E-state index is 15.3. The summed E-state index contributed by atoms with van der Waals surface area (Å²) in [5.41, 5.74) is -1.42. The molecule has 4 N–H and O–H groups in total. The summed E-state index contributed by atoms with van der Waals surface area (Å²) in [5, 5.41) is 6.31. The second kappa shape index (κ2) is 9.70. The molecule has 37 heavy (non-hydrogen) atoms. The van der Waals surface area contributed by atoms with E-state index in [0.29, 0.717) is 33.8 Å². The molecule has 1 heterocycles. The Balaban J connectivity index is 1.50. The number of amides is 2. The number of carbonyl (C=O) groups is 2. The first-order chi connectivity index (χ1) is 17.2. The topological polar surface area (TPSA) is 129 Å². The number of H-pyrrole nitrogens is 1.